The molecule has 50 heavy (non-hydrogen) atoms. The molecular formula is C38H56AgCl3F5S3. The van der Waals surface area contributed by atoms with Gasteiger partial charge in [0.2, 0.25) is 11.2 Å². The number of hydrogen-bond donors (Lipinski definition) is 0. The number of halogens is 8. The van der Waals surface area contributed by atoms with Gasteiger partial charge in [0.05, 0.1) is 4.90 Å². The standard InChI is InChI=1S/C24H32Cl2S2.C12H16ClF3S.2CH4.Ag.2FH/c1-13-11-17(23(5,6)7)19(25)15(3)21(13)27-28-22-14(2)12-18(24(8,9)10)20(26)16(22)4;1-7-6-9(12(3,4)5)10(13)8(2)11(7)17(14,15)16;;;;;/h11-12H,1-10H3;6H,1-5H3;2*1H4;;2*1H/q;;;;+2;;/p-2. The molecule has 0 aliphatic heterocycles. The Hall–Kier alpha value is -0.0297. The molecule has 0 aliphatic rings. The summed E-state index contributed by atoms with van der Waals surface area (Å²) in [7, 11) is 3.57. The van der Waals surface area contributed by atoms with Crippen molar-refractivity contribution in [3.63, 3.8) is 0 Å². The van der Waals surface area contributed by atoms with Crippen LogP contribution >= 0.6 is 67.6 Å². The second kappa shape index (κ2) is 20.0. The fraction of sp³-hybridized carbons (Fsp3) is 0.526. The summed E-state index contributed by atoms with van der Waals surface area (Å²) in [6.45, 7) is 30.6. The molecule has 293 valence electrons. The zero-order valence-corrected chi connectivity index (χ0v) is 36.5. The Morgan fingerprint density at radius 2 is 0.760 bits per heavy atom. The van der Waals surface area contributed by atoms with E-state index in [0.29, 0.717) is 0 Å². The van der Waals surface area contributed by atoms with Crippen molar-refractivity contribution in [2.45, 2.75) is 150 Å². The Morgan fingerprint density at radius 3 is 1.00 bits per heavy atom. The van der Waals surface area contributed by atoms with Gasteiger partial charge in [-0.05, 0) is 108 Å². The molecule has 0 N–H and O–H groups in total. The van der Waals surface area contributed by atoms with Crippen LogP contribution < -0.4 is 0 Å². The molecule has 0 heterocycles. The molecule has 0 amide bonds. The first-order valence-corrected chi connectivity index (χ1v) is 20.8. The van der Waals surface area contributed by atoms with Crippen LogP contribution in [0.1, 0.15) is 127 Å². The normalized spacial score (nSPS) is 12.2. The second-order valence-corrected chi connectivity index (χ2v) is 19.6. The van der Waals surface area contributed by atoms with E-state index in [1.807, 2.05) is 20.8 Å². The molecule has 3 aromatic carbocycles. The Labute approximate surface area is 336 Å². The fourth-order valence-electron chi connectivity index (χ4n) is 5.16. The van der Waals surface area contributed by atoms with Gasteiger partial charge in [-0.25, -0.2) is 0 Å². The quantitative estimate of drug-likeness (QED) is 0.145. The molecule has 0 spiro atoms. The first kappa shape index (κ1) is 52.1. The van der Waals surface area contributed by atoms with E-state index in [1.54, 1.807) is 27.7 Å². The Balaban J connectivity index is 0. The molecule has 12 heteroatoms. The van der Waals surface area contributed by atoms with Gasteiger partial charge in [-0.3, -0.25) is 0 Å². The van der Waals surface area contributed by atoms with Crippen LogP contribution in [0.4, 0.5) is 17.7 Å². The van der Waals surface area contributed by atoms with Gasteiger partial charge in [0.15, 0.2) is 0 Å². The third kappa shape index (κ3) is 13.4. The molecule has 0 unspecified atom stereocenters. The summed E-state index contributed by atoms with van der Waals surface area (Å²) in [5.41, 5.74) is 8.29. The summed E-state index contributed by atoms with van der Waals surface area (Å²) in [5, 5.41) is 2.01. The molecule has 3 aromatic rings. The zero-order chi connectivity index (χ0) is 37.9. The molecule has 0 nitrogen and oxygen atoms in total. The average Bonchev–Trinajstić information content (AvgIpc) is 2.90. The number of benzene rings is 3. The van der Waals surface area contributed by atoms with Crippen LogP contribution in [0.5, 0.6) is 0 Å². The zero-order valence-electron chi connectivity index (χ0n) is 30.3. The third-order valence-electron chi connectivity index (χ3n) is 7.74. The summed E-state index contributed by atoms with van der Waals surface area (Å²) in [6.07, 6.45) is 0. The second-order valence-electron chi connectivity index (χ2n) is 14.9. The SMILES string of the molecule is C.C.Cc1cc(C(C)(C)C)c(Cl)c(C)c1S(F)(F)F.Cc1cc(C(C)(C)C)c(Cl)c(C)c1SSc1c(C)cc(C(C)(C)C)c(Cl)c1C.[F][Ag][F]. The molecule has 0 atom stereocenters. The molecule has 3 rings (SSSR count). The molecule has 0 aromatic heterocycles. The topological polar surface area (TPSA) is 0 Å². The van der Waals surface area contributed by atoms with Crippen LogP contribution in [0.3, 0.4) is 0 Å². The van der Waals surface area contributed by atoms with E-state index in [-0.39, 0.29) is 47.2 Å². The summed E-state index contributed by atoms with van der Waals surface area (Å²) < 4.78 is 58.1. The molecule has 0 saturated heterocycles. The molecule has 0 fully saturated rings. The van der Waals surface area contributed by atoms with E-state index >= 15 is 0 Å². The molecule has 0 saturated carbocycles. The van der Waals surface area contributed by atoms with Crippen molar-refractivity contribution >= 4 is 67.6 Å². The summed E-state index contributed by atoms with van der Waals surface area (Å²) >= 11 is 12.4. The van der Waals surface area contributed by atoms with Crippen molar-refractivity contribution in [3.8, 4) is 0 Å². The van der Waals surface area contributed by atoms with Gasteiger partial charge < -0.3 is 0 Å². The Morgan fingerprint density at radius 1 is 0.520 bits per heavy atom. The van der Waals surface area contributed by atoms with Gasteiger partial charge in [0.1, 0.15) is 0 Å². The first-order valence-electron chi connectivity index (χ1n) is 15.0. The molecular weight excluding hydrogens is 862 g/mol. The summed E-state index contributed by atoms with van der Waals surface area (Å²) in [4.78, 5) is 1.96. The van der Waals surface area contributed by atoms with E-state index in [0.717, 1.165) is 26.7 Å². The van der Waals surface area contributed by atoms with Crippen molar-refractivity contribution < 1.29 is 38.6 Å². The van der Waals surface area contributed by atoms with Gasteiger partial charge >= 0.3 is 26.9 Å². The van der Waals surface area contributed by atoms with E-state index in [4.69, 9.17) is 34.8 Å². The maximum absolute atomic E-state index is 12.9. The van der Waals surface area contributed by atoms with E-state index in [9.17, 15) is 17.7 Å². The summed E-state index contributed by atoms with van der Waals surface area (Å²) in [6, 6.07) is 6.05. The van der Waals surface area contributed by atoms with Gasteiger partial charge in [0, 0.05) is 24.9 Å². The average molecular weight is 918 g/mol. The Kier molecular flexibility index (Phi) is 20.9. The predicted molar refractivity (Wildman–Crippen MR) is 215 cm³/mol. The summed E-state index contributed by atoms with van der Waals surface area (Å²) in [5.74, 6) is 0. The number of hydrogen-bond acceptors (Lipinski definition) is 2. The van der Waals surface area contributed by atoms with Crippen LogP contribution in [-0.2, 0) is 37.1 Å². The molecule has 0 aliphatic carbocycles. The van der Waals surface area contributed by atoms with Gasteiger partial charge in [-0.1, -0.05) is 152 Å². The van der Waals surface area contributed by atoms with Gasteiger partial charge in [-0.15, -0.1) is 11.7 Å². The van der Waals surface area contributed by atoms with Crippen LogP contribution in [0.2, 0.25) is 15.1 Å². The monoisotopic (exact) mass is 915 g/mol. The van der Waals surface area contributed by atoms with Crippen molar-refractivity contribution in [1.82, 2.24) is 0 Å². The fourth-order valence-corrected chi connectivity index (χ4v) is 10.5. The van der Waals surface area contributed by atoms with E-state index in [2.05, 4.69) is 81.4 Å². The maximum atomic E-state index is 12.9. The van der Waals surface area contributed by atoms with E-state index in [1.165, 1.54) is 45.9 Å². The van der Waals surface area contributed by atoms with Gasteiger partial charge in [0.25, 0.3) is 0 Å². The van der Waals surface area contributed by atoms with Crippen molar-refractivity contribution in [2.75, 3.05) is 0 Å². The van der Waals surface area contributed by atoms with Crippen molar-refractivity contribution in [1.29, 1.82) is 0 Å². The minimum atomic E-state index is -5.23. The predicted octanol–water partition coefficient (Wildman–Crippen LogP) is 17.8. The van der Waals surface area contributed by atoms with Crippen LogP contribution in [0.25, 0.3) is 0 Å². The third-order valence-corrected chi connectivity index (χ3v) is 13.2. The van der Waals surface area contributed by atoms with Gasteiger partial charge in [-0.2, -0.15) is 0 Å². The number of aryl methyl sites for hydroxylation is 3. The van der Waals surface area contributed by atoms with Crippen LogP contribution in [0.15, 0.2) is 32.9 Å². The number of rotatable bonds is 4. The Bertz CT molecular complexity index is 1530. The van der Waals surface area contributed by atoms with E-state index < -0.39 is 36.9 Å². The van der Waals surface area contributed by atoms with Crippen LogP contribution in [0, 0.1) is 41.5 Å². The van der Waals surface area contributed by atoms with Crippen molar-refractivity contribution in [3.05, 3.63) is 83.3 Å². The molecule has 0 radical (unpaired) electrons. The minimum absolute atomic E-state index is 0. The molecule has 0 bridgehead atoms. The first-order chi connectivity index (χ1) is 21.5. The van der Waals surface area contributed by atoms with Crippen molar-refractivity contribution in [2.24, 2.45) is 0 Å². The van der Waals surface area contributed by atoms with Crippen LogP contribution in [-0.4, -0.2) is 0 Å².